The molecule has 0 aromatic heterocycles. The fraction of sp³-hybridized carbons (Fsp3) is 0.222. The molecular formula is C18H18N2O6. The first-order valence-corrected chi connectivity index (χ1v) is 7.96. The average molecular weight is 358 g/mol. The van der Waals surface area contributed by atoms with Crippen LogP contribution >= 0.6 is 0 Å². The molecule has 2 aromatic rings. The molecule has 0 radical (unpaired) electrons. The minimum absolute atomic E-state index is 0.0484. The van der Waals surface area contributed by atoms with Gasteiger partial charge in [0.25, 0.3) is 5.69 Å². The number of para-hydroxylation sites is 1. The van der Waals surface area contributed by atoms with Crippen LogP contribution in [0.1, 0.15) is 34.6 Å². The van der Waals surface area contributed by atoms with Crippen LogP contribution in [0.4, 0.5) is 17.1 Å². The van der Waals surface area contributed by atoms with E-state index in [0.717, 1.165) is 6.07 Å². The summed E-state index contributed by atoms with van der Waals surface area (Å²) in [5.41, 5.74) is -0.145. The third-order valence-corrected chi connectivity index (χ3v) is 3.36. The molecule has 0 saturated carbocycles. The van der Waals surface area contributed by atoms with Crippen molar-refractivity contribution in [1.29, 1.82) is 0 Å². The molecule has 0 bridgehead atoms. The zero-order valence-corrected chi connectivity index (χ0v) is 14.4. The Kier molecular flexibility index (Phi) is 6.26. The van der Waals surface area contributed by atoms with Crippen LogP contribution in [0, 0.1) is 10.1 Å². The summed E-state index contributed by atoms with van der Waals surface area (Å²) in [6.45, 7) is 3.42. The van der Waals surface area contributed by atoms with Gasteiger partial charge in [0.15, 0.2) is 0 Å². The summed E-state index contributed by atoms with van der Waals surface area (Å²) in [5.74, 6) is -1.53. The SMILES string of the molecule is CCOC(=O)c1cc(C(=O)OCC)c(Nc2ccccc2)c([N+](=O)[O-])c1. The topological polar surface area (TPSA) is 108 Å². The zero-order valence-electron chi connectivity index (χ0n) is 14.4. The number of carbonyl (C=O) groups is 2. The van der Waals surface area contributed by atoms with E-state index in [9.17, 15) is 19.7 Å². The fourth-order valence-corrected chi connectivity index (χ4v) is 2.27. The number of ether oxygens (including phenoxy) is 2. The largest absolute Gasteiger partial charge is 0.462 e. The minimum Gasteiger partial charge on any atom is -0.462 e. The van der Waals surface area contributed by atoms with E-state index in [4.69, 9.17) is 9.47 Å². The van der Waals surface area contributed by atoms with Crippen LogP contribution in [-0.2, 0) is 9.47 Å². The van der Waals surface area contributed by atoms with E-state index < -0.39 is 22.5 Å². The number of hydrogen-bond donors (Lipinski definition) is 1. The van der Waals surface area contributed by atoms with Crippen LogP contribution in [0.15, 0.2) is 42.5 Å². The van der Waals surface area contributed by atoms with Crippen LogP contribution in [0.25, 0.3) is 0 Å². The van der Waals surface area contributed by atoms with Gasteiger partial charge in [-0.15, -0.1) is 0 Å². The number of esters is 2. The molecule has 136 valence electrons. The van der Waals surface area contributed by atoms with Crippen molar-refractivity contribution in [3.63, 3.8) is 0 Å². The molecular weight excluding hydrogens is 340 g/mol. The third kappa shape index (κ3) is 4.35. The van der Waals surface area contributed by atoms with E-state index >= 15 is 0 Å². The quantitative estimate of drug-likeness (QED) is 0.457. The van der Waals surface area contributed by atoms with Gasteiger partial charge in [-0.3, -0.25) is 10.1 Å². The Morgan fingerprint density at radius 2 is 1.65 bits per heavy atom. The van der Waals surface area contributed by atoms with Gasteiger partial charge in [0.2, 0.25) is 0 Å². The van der Waals surface area contributed by atoms with E-state index in [2.05, 4.69) is 5.32 Å². The van der Waals surface area contributed by atoms with Crippen molar-refractivity contribution in [2.45, 2.75) is 13.8 Å². The molecule has 1 N–H and O–H groups in total. The van der Waals surface area contributed by atoms with E-state index in [1.807, 2.05) is 0 Å². The lowest BCUT2D eigenvalue weighted by Crippen LogP contribution is -2.13. The lowest BCUT2D eigenvalue weighted by Gasteiger charge is -2.13. The number of rotatable bonds is 7. The van der Waals surface area contributed by atoms with Crippen molar-refractivity contribution in [2.75, 3.05) is 18.5 Å². The Bertz CT molecular complexity index is 820. The first-order chi connectivity index (χ1) is 12.5. The molecule has 0 spiro atoms. The van der Waals surface area contributed by atoms with Crippen molar-refractivity contribution in [3.8, 4) is 0 Å². The van der Waals surface area contributed by atoms with Gasteiger partial charge in [-0.2, -0.15) is 0 Å². The highest BCUT2D eigenvalue weighted by Gasteiger charge is 2.27. The maximum absolute atomic E-state index is 12.3. The van der Waals surface area contributed by atoms with Gasteiger partial charge in [-0.1, -0.05) is 18.2 Å². The van der Waals surface area contributed by atoms with Crippen LogP contribution in [-0.4, -0.2) is 30.1 Å². The molecule has 0 aliphatic rings. The Morgan fingerprint density at radius 1 is 1.04 bits per heavy atom. The lowest BCUT2D eigenvalue weighted by atomic mass is 10.1. The molecule has 26 heavy (non-hydrogen) atoms. The summed E-state index contributed by atoms with van der Waals surface area (Å²) < 4.78 is 9.86. The van der Waals surface area contributed by atoms with Crippen molar-refractivity contribution >= 4 is 29.0 Å². The summed E-state index contributed by atoms with van der Waals surface area (Å²) in [5, 5.41) is 14.4. The molecule has 0 fully saturated rings. The summed E-state index contributed by atoms with van der Waals surface area (Å²) in [7, 11) is 0. The lowest BCUT2D eigenvalue weighted by molar-refractivity contribution is -0.384. The maximum atomic E-state index is 12.3. The Balaban J connectivity index is 2.63. The summed E-state index contributed by atoms with van der Waals surface area (Å²) >= 11 is 0. The van der Waals surface area contributed by atoms with E-state index in [1.165, 1.54) is 6.07 Å². The Labute approximate surface area is 149 Å². The van der Waals surface area contributed by atoms with Crippen LogP contribution in [0.5, 0.6) is 0 Å². The number of nitrogens with zero attached hydrogens (tertiary/aromatic N) is 1. The molecule has 2 rings (SSSR count). The zero-order chi connectivity index (χ0) is 19.1. The molecule has 0 atom stereocenters. The second-order valence-electron chi connectivity index (χ2n) is 5.11. The fourth-order valence-electron chi connectivity index (χ4n) is 2.27. The average Bonchev–Trinajstić information content (AvgIpc) is 2.62. The number of nitrogens with one attached hydrogen (secondary N) is 1. The maximum Gasteiger partial charge on any atom is 0.340 e. The van der Waals surface area contributed by atoms with Gasteiger partial charge in [-0.05, 0) is 32.0 Å². The number of nitro groups is 1. The first kappa shape index (κ1) is 18.9. The molecule has 0 amide bonds. The van der Waals surface area contributed by atoms with Crippen molar-refractivity contribution < 1.29 is 24.0 Å². The predicted molar refractivity (Wildman–Crippen MR) is 94.7 cm³/mol. The summed E-state index contributed by atoms with van der Waals surface area (Å²) in [6, 6.07) is 11.0. The highest BCUT2D eigenvalue weighted by molar-refractivity contribution is 6.03. The number of nitro benzene ring substituents is 1. The first-order valence-electron chi connectivity index (χ1n) is 7.96. The number of anilines is 2. The van der Waals surface area contributed by atoms with Gasteiger partial charge < -0.3 is 14.8 Å². The number of carbonyl (C=O) groups excluding carboxylic acids is 2. The van der Waals surface area contributed by atoms with Gasteiger partial charge in [0.1, 0.15) is 5.69 Å². The van der Waals surface area contributed by atoms with Crippen LogP contribution in [0.2, 0.25) is 0 Å². The molecule has 0 unspecified atom stereocenters. The molecule has 2 aromatic carbocycles. The van der Waals surface area contributed by atoms with Crippen LogP contribution in [0.3, 0.4) is 0 Å². The Hall–Kier alpha value is -3.42. The van der Waals surface area contributed by atoms with E-state index in [1.54, 1.807) is 44.2 Å². The highest BCUT2D eigenvalue weighted by atomic mass is 16.6. The van der Waals surface area contributed by atoms with Crippen molar-refractivity contribution in [1.82, 2.24) is 0 Å². The second-order valence-corrected chi connectivity index (χ2v) is 5.11. The highest BCUT2D eigenvalue weighted by Crippen LogP contribution is 2.33. The van der Waals surface area contributed by atoms with Gasteiger partial charge in [0, 0.05) is 11.8 Å². The standard InChI is InChI=1S/C18H18N2O6/c1-3-25-17(21)12-10-14(18(22)26-4-2)16(15(11-12)20(23)24)19-13-8-6-5-7-9-13/h5-11,19H,3-4H2,1-2H3. The molecule has 0 aliphatic carbocycles. The Morgan fingerprint density at radius 3 is 2.23 bits per heavy atom. The molecule has 0 aliphatic heterocycles. The normalized spacial score (nSPS) is 10.1. The summed E-state index contributed by atoms with van der Waals surface area (Å²) in [6.07, 6.45) is 0. The van der Waals surface area contributed by atoms with Crippen molar-refractivity contribution in [2.24, 2.45) is 0 Å². The van der Waals surface area contributed by atoms with Gasteiger partial charge in [0.05, 0.1) is 29.3 Å². The third-order valence-electron chi connectivity index (χ3n) is 3.36. The molecule has 0 saturated heterocycles. The molecule has 8 nitrogen and oxygen atoms in total. The second kappa shape index (κ2) is 8.61. The monoisotopic (exact) mass is 358 g/mol. The predicted octanol–water partition coefficient (Wildman–Crippen LogP) is 3.69. The van der Waals surface area contributed by atoms with E-state index in [0.29, 0.717) is 5.69 Å². The van der Waals surface area contributed by atoms with Gasteiger partial charge >= 0.3 is 11.9 Å². The van der Waals surface area contributed by atoms with E-state index in [-0.39, 0.29) is 30.0 Å². The number of benzene rings is 2. The summed E-state index contributed by atoms with van der Waals surface area (Å²) in [4.78, 5) is 35.2. The molecule has 0 heterocycles. The molecule has 8 heteroatoms. The van der Waals surface area contributed by atoms with Crippen molar-refractivity contribution in [3.05, 3.63) is 63.7 Å². The minimum atomic E-state index is -0.778. The van der Waals surface area contributed by atoms with Gasteiger partial charge in [-0.25, -0.2) is 9.59 Å². The smallest absolute Gasteiger partial charge is 0.340 e. The number of hydrogen-bond acceptors (Lipinski definition) is 7. The van der Waals surface area contributed by atoms with Crippen LogP contribution < -0.4 is 5.32 Å².